The standard InChI is InChI=1S/C10H10Cl2O3S/c1-6-2-8-3-7(5-16(12,13)14)4-9(11)10(8)15-6/h3-4,6H,2,5H2,1H3. The summed E-state index contributed by atoms with van der Waals surface area (Å²) in [7, 11) is 1.65. The van der Waals surface area contributed by atoms with Gasteiger partial charge in [0, 0.05) is 17.1 Å². The van der Waals surface area contributed by atoms with E-state index in [1.54, 1.807) is 12.1 Å². The van der Waals surface area contributed by atoms with Gasteiger partial charge in [0.2, 0.25) is 9.05 Å². The van der Waals surface area contributed by atoms with E-state index >= 15 is 0 Å². The van der Waals surface area contributed by atoms with Crippen LogP contribution in [0.2, 0.25) is 5.02 Å². The molecule has 0 saturated heterocycles. The molecule has 1 aromatic carbocycles. The molecule has 0 bridgehead atoms. The van der Waals surface area contributed by atoms with E-state index in [4.69, 9.17) is 27.0 Å². The fourth-order valence-corrected chi connectivity index (χ4v) is 3.08. The Labute approximate surface area is 104 Å². The first kappa shape index (κ1) is 12.0. The molecule has 0 amide bonds. The average Bonchev–Trinajstić information content (AvgIpc) is 2.42. The molecule has 1 aliphatic rings. The maximum Gasteiger partial charge on any atom is 0.236 e. The van der Waals surface area contributed by atoms with Crippen LogP contribution in [0.3, 0.4) is 0 Å². The monoisotopic (exact) mass is 280 g/mol. The number of fused-ring (bicyclic) bond motifs is 1. The van der Waals surface area contributed by atoms with Crippen molar-refractivity contribution in [3.05, 3.63) is 28.3 Å². The molecule has 1 unspecified atom stereocenters. The number of hydrogen-bond acceptors (Lipinski definition) is 3. The fourth-order valence-electron chi connectivity index (χ4n) is 1.83. The van der Waals surface area contributed by atoms with Gasteiger partial charge < -0.3 is 4.74 Å². The number of halogens is 2. The van der Waals surface area contributed by atoms with Gasteiger partial charge in [-0.3, -0.25) is 0 Å². The van der Waals surface area contributed by atoms with Crippen LogP contribution in [0.5, 0.6) is 5.75 Å². The second-order valence-electron chi connectivity index (χ2n) is 3.88. The van der Waals surface area contributed by atoms with E-state index in [1.807, 2.05) is 6.92 Å². The van der Waals surface area contributed by atoms with Gasteiger partial charge in [0.15, 0.2) is 0 Å². The van der Waals surface area contributed by atoms with Gasteiger partial charge in [-0.1, -0.05) is 17.7 Å². The molecule has 0 N–H and O–H groups in total. The predicted octanol–water partition coefficient (Wildman–Crippen LogP) is 2.73. The van der Waals surface area contributed by atoms with Crippen LogP contribution in [0.15, 0.2) is 12.1 Å². The van der Waals surface area contributed by atoms with Crippen LogP contribution >= 0.6 is 22.3 Å². The fraction of sp³-hybridized carbons (Fsp3) is 0.400. The van der Waals surface area contributed by atoms with Crippen molar-refractivity contribution in [3.63, 3.8) is 0 Å². The van der Waals surface area contributed by atoms with E-state index in [0.717, 1.165) is 12.0 Å². The first-order valence-electron chi connectivity index (χ1n) is 4.75. The molecule has 88 valence electrons. The molecule has 2 rings (SSSR count). The lowest BCUT2D eigenvalue weighted by Crippen LogP contribution is -2.05. The van der Waals surface area contributed by atoms with Gasteiger partial charge in [0.1, 0.15) is 11.9 Å². The molecule has 1 aromatic rings. The van der Waals surface area contributed by atoms with Crippen LogP contribution in [0.1, 0.15) is 18.1 Å². The molecule has 1 heterocycles. The lowest BCUT2D eigenvalue weighted by molar-refractivity contribution is 0.255. The smallest absolute Gasteiger partial charge is 0.236 e. The van der Waals surface area contributed by atoms with Gasteiger partial charge in [-0.25, -0.2) is 8.42 Å². The molecule has 0 aromatic heterocycles. The number of rotatable bonds is 2. The molecule has 6 heteroatoms. The highest BCUT2D eigenvalue weighted by Gasteiger charge is 2.23. The topological polar surface area (TPSA) is 43.4 Å². The van der Waals surface area contributed by atoms with Gasteiger partial charge >= 0.3 is 0 Å². The Balaban J connectivity index is 2.39. The minimum Gasteiger partial charge on any atom is -0.489 e. The summed E-state index contributed by atoms with van der Waals surface area (Å²) in [6, 6.07) is 3.36. The first-order chi connectivity index (χ1) is 7.35. The average molecular weight is 281 g/mol. The minimum atomic E-state index is -3.55. The zero-order valence-electron chi connectivity index (χ0n) is 8.54. The highest BCUT2D eigenvalue weighted by Crippen LogP contribution is 2.37. The molecule has 1 atom stereocenters. The molecule has 3 nitrogen and oxygen atoms in total. The third-order valence-electron chi connectivity index (χ3n) is 2.35. The van der Waals surface area contributed by atoms with E-state index in [2.05, 4.69) is 0 Å². The maximum absolute atomic E-state index is 11.0. The molecule has 0 radical (unpaired) electrons. The van der Waals surface area contributed by atoms with Gasteiger partial charge in [0.05, 0.1) is 10.8 Å². The summed E-state index contributed by atoms with van der Waals surface area (Å²) >= 11 is 6.01. The molecular weight excluding hydrogens is 271 g/mol. The number of ether oxygens (including phenoxy) is 1. The molecule has 0 saturated carbocycles. The number of hydrogen-bond donors (Lipinski definition) is 0. The Morgan fingerprint density at radius 2 is 2.19 bits per heavy atom. The van der Waals surface area contributed by atoms with Crippen molar-refractivity contribution in [1.29, 1.82) is 0 Å². The van der Waals surface area contributed by atoms with Crippen molar-refractivity contribution >= 4 is 31.3 Å². The van der Waals surface area contributed by atoms with Gasteiger partial charge in [-0.2, -0.15) is 0 Å². The summed E-state index contributed by atoms with van der Waals surface area (Å²) in [6.07, 6.45) is 0.820. The summed E-state index contributed by atoms with van der Waals surface area (Å²) in [5, 5.41) is 0.442. The second kappa shape index (κ2) is 4.09. The molecule has 1 aliphatic heterocycles. The van der Waals surface area contributed by atoms with Crippen LogP contribution < -0.4 is 4.74 Å². The lowest BCUT2D eigenvalue weighted by Gasteiger charge is -2.06. The summed E-state index contributed by atoms with van der Waals surface area (Å²) in [5.74, 6) is 0.445. The van der Waals surface area contributed by atoms with Crippen LogP contribution in [0.4, 0.5) is 0 Å². The highest BCUT2D eigenvalue weighted by atomic mass is 35.7. The van der Waals surface area contributed by atoms with Crippen molar-refractivity contribution in [2.75, 3.05) is 0 Å². The largest absolute Gasteiger partial charge is 0.489 e. The van der Waals surface area contributed by atoms with E-state index in [0.29, 0.717) is 16.3 Å². The maximum atomic E-state index is 11.0. The zero-order chi connectivity index (χ0) is 11.9. The van der Waals surface area contributed by atoms with Crippen molar-refractivity contribution in [2.24, 2.45) is 0 Å². The Morgan fingerprint density at radius 3 is 2.81 bits per heavy atom. The molecule has 0 spiro atoms. The van der Waals surface area contributed by atoms with Crippen molar-refractivity contribution in [2.45, 2.75) is 25.2 Å². The summed E-state index contributed by atoms with van der Waals surface area (Å²) in [6.45, 7) is 1.94. The zero-order valence-corrected chi connectivity index (χ0v) is 10.9. The molecular formula is C10H10Cl2O3S. The number of benzene rings is 1. The Bertz CT molecular complexity index is 525. The van der Waals surface area contributed by atoms with Gasteiger partial charge in [0.25, 0.3) is 0 Å². The summed E-state index contributed by atoms with van der Waals surface area (Å²) in [4.78, 5) is 0. The summed E-state index contributed by atoms with van der Waals surface area (Å²) in [5.41, 5.74) is 1.53. The van der Waals surface area contributed by atoms with Crippen molar-refractivity contribution in [1.82, 2.24) is 0 Å². The highest BCUT2D eigenvalue weighted by molar-refractivity contribution is 8.13. The molecule has 0 fully saturated rings. The first-order valence-corrected chi connectivity index (χ1v) is 7.61. The van der Waals surface area contributed by atoms with Crippen LogP contribution in [-0.4, -0.2) is 14.5 Å². The van der Waals surface area contributed by atoms with Crippen molar-refractivity contribution < 1.29 is 13.2 Å². The predicted molar refractivity (Wildman–Crippen MR) is 63.7 cm³/mol. The van der Waals surface area contributed by atoms with E-state index < -0.39 is 9.05 Å². The molecule has 16 heavy (non-hydrogen) atoms. The summed E-state index contributed by atoms with van der Waals surface area (Å²) < 4.78 is 27.4. The van der Waals surface area contributed by atoms with E-state index in [-0.39, 0.29) is 11.9 Å². The lowest BCUT2D eigenvalue weighted by atomic mass is 10.1. The third-order valence-corrected chi connectivity index (χ3v) is 3.63. The van der Waals surface area contributed by atoms with Gasteiger partial charge in [-0.05, 0) is 24.1 Å². The van der Waals surface area contributed by atoms with Crippen LogP contribution in [0, 0.1) is 0 Å². The Kier molecular flexibility index (Phi) is 3.07. The minimum absolute atomic E-state index is 0.0790. The quantitative estimate of drug-likeness (QED) is 0.783. The van der Waals surface area contributed by atoms with Crippen LogP contribution in [-0.2, 0) is 21.2 Å². The van der Waals surface area contributed by atoms with Crippen LogP contribution in [0.25, 0.3) is 0 Å². The third kappa shape index (κ3) is 2.62. The van der Waals surface area contributed by atoms with E-state index in [9.17, 15) is 8.42 Å². The normalized spacial score (nSPS) is 19.3. The Hall–Kier alpha value is -0.450. The Morgan fingerprint density at radius 1 is 1.50 bits per heavy atom. The second-order valence-corrected chi connectivity index (χ2v) is 7.07. The SMILES string of the molecule is CC1Cc2cc(CS(=O)(=O)Cl)cc(Cl)c2O1. The van der Waals surface area contributed by atoms with Crippen molar-refractivity contribution in [3.8, 4) is 5.75 Å². The molecule has 0 aliphatic carbocycles. The van der Waals surface area contributed by atoms with E-state index in [1.165, 1.54) is 0 Å². The van der Waals surface area contributed by atoms with Gasteiger partial charge in [-0.15, -0.1) is 0 Å².